The molecule has 154 valence electrons. The van der Waals surface area contributed by atoms with Crippen molar-refractivity contribution in [1.82, 2.24) is 10.2 Å². The molecule has 1 heterocycles. The van der Waals surface area contributed by atoms with E-state index in [0.29, 0.717) is 21.7 Å². The van der Waals surface area contributed by atoms with E-state index >= 15 is 0 Å². The molecule has 1 fully saturated rings. The van der Waals surface area contributed by atoms with Crippen LogP contribution in [0.1, 0.15) is 13.3 Å². The Morgan fingerprint density at radius 1 is 1.44 bits per heavy atom. The number of ether oxygens (including phenoxy) is 2. The molecule has 2 unspecified atom stereocenters. The first kappa shape index (κ1) is 24.6. The fourth-order valence-corrected chi connectivity index (χ4v) is 3.20. The van der Waals surface area contributed by atoms with Gasteiger partial charge >= 0.3 is 0 Å². The van der Waals surface area contributed by atoms with Crippen LogP contribution in [0, 0.1) is 5.92 Å². The number of methoxy groups -OCH3 is 1. The van der Waals surface area contributed by atoms with Crippen LogP contribution in [-0.4, -0.2) is 68.6 Å². The highest BCUT2D eigenvalue weighted by molar-refractivity contribution is 14.0. The molecule has 27 heavy (non-hydrogen) atoms. The fraction of sp³-hybridized carbons (Fsp3) is 0.611. The number of aliphatic hydroxyl groups excluding tert-OH is 1. The van der Waals surface area contributed by atoms with E-state index in [1.165, 1.54) is 0 Å². The van der Waals surface area contributed by atoms with Gasteiger partial charge in [-0.1, -0.05) is 29.3 Å². The second kappa shape index (κ2) is 12.9. The van der Waals surface area contributed by atoms with Crippen LogP contribution in [0.25, 0.3) is 0 Å². The number of likely N-dealkylation sites (tertiary alicyclic amines) is 1. The van der Waals surface area contributed by atoms with E-state index in [-0.39, 0.29) is 37.1 Å². The average molecular weight is 532 g/mol. The lowest BCUT2D eigenvalue weighted by Crippen LogP contribution is -2.41. The summed E-state index contributed by atoms with van der Waals surface area (Å²) in [5, 5.41) is 14.2. The Labute approximate surface area is 188 Å². The molecule has 2 rings (SSSR count). The van der Waals surface area contributed by atoms with Crippen LogP contribution in [0.2, 0.25) is 10.0 Å². The number of rotatable bonds is 8. The van der Waals surface area contributed by atoms with Crippen molar-refractivity contribution >= 4 is 53.1 Å². The van der Waals surface area contributed by atoms with Crippen molar-refractivity contribution in [3.8, 4) is 5.75 Å². The molecule has 0 aliphatic carbocycles. The minimum Gasteiger partial charge on any atom is -0.489 e. The van der Waals surface area contributed by atoms with E-state index in [1.807, 2.05) is 6.92 Å². The first-order valence-electron chi connectivity index (χ1n) is 8.82. The summed E-state index contributed by atoms with van der Waals surface area (Å²) < 4.78 is 10.8. The van der Waals surface area contributed by atoms with Gasteiger partial charge in [-0.15, -0.1) is 24.0 Å². The summed E-state index contributed by atoms with van der Waals surface area (Å²) in [6, 6.07) is 5.16. The molecule has 0 bridgehead atoms. The Kier molecular flexibility index (Phi) is 11.7. The first-order valence-corrected chi connectivity index (χ1v) is 9.57. The van der Waals surface area contributed by atoms with Crippen LogP contribution >= 0.6 is 47.2 Å². The molecule has 1 saturated heterocycles. The van der Waals surface area contributed by atoms with E-state index in [1.54, 1.807) is 25.3 Å². The molecular weight excluding hydrogens is 504 g/mol. The van der Waals surface area contributed by atoms with Crippen molar-refractivity contribution in [2.75, 3.05) is 46.5 Å². The van der Waals surface area contributed by atoms with Gasteiger partial charge in [-0.2, -0.15) is 0 Å². The smallest absolute Gasteiger partial charge is 0.194 e. The highest BCUT2D eigenvalue weighted by atomic mass is 127. The second-order valence-electron chi connectivity index (χ2n) is 6.27. The summed E-state index contributed by atoms with van der Waals surface area (Å²) in [4.78, 5) is 6.75. The third kappa shape index (κ3) is 7.81. The van der Waals surface area contributed by atoms with Crippen LogP contribution in [0.3, 0.4) is 0 Å². The maximum Gasteiger partial charge on any atom is 0.194 e. The number of nitrogens with zero attached hydrogens (tertiary/aromatic N) is 2. The minimum atomic E-state index is -0.740. The number of halogens is 3. The van der Waals surface area contributed by atoms with E-state index in [4.69, 9.17) is 32.7 Å². The zero-order valence-corrected chi connectivity index (χ0v) is 19.5. The van der Waals surface area contributed by atoms with E-state index in [0.717, 1.165) is 38.6 Å². The van der Waals surface area contributed by atoms with Gasteiger partial charge in [0.2, 0.25) is 0 Å². The number of aliphatic imine (C=N–C) groups is 1. The molecule has 2 atom stereocenters. The maximum absolute atomic E-state index is 10.2. The Bertz CT molecular complexity index is 607. The number of aliphatic hydroxyl groups is 1. The molecule has 6 nitrogen and oxygen atoms in total. The third-order valence-corrected chi connectivity index (χ3v) is 4.92. The predicted octanol–water partition coefficient (Wildman–Crippen LogP) is 3.28. The summed E-state index contributed by atoms with van der Waals surface area (Å²) >= 11 is 12.0. The lowest BCUT2D eigenvalue weighted by atomic mass is 10.1. The average Bonchev–Trinajstić information content (AvgIpc) is 3.08. The molecule has 1 aliphatic heterocycles. The van der Waals surface area contributed by atoms with Crippen molar-refractivity contribution in [2.24, 2.45) is 10.9 Å². The van der Waals surface area contributed by atoms with Gasteiger partial charge in [-0.3, -0.25) is 4.99 Å². The summed E-state index contributed by atoms with van der Waals surface area (Å²) in [6.45, 7) is 5.73. The monoisotopic (exact) mass is 531 g/mol. The van der Waals surface area contributed by atoms with E-state index in [9.17, 15) is 5.11 Å². The van der Waals surface area contributed by atoms with Crippen LogP contribution in [0.5, 0.6) is 5.75 Å². The Balaban J connectivity index is 0.00000364. The summed E-state index contributed by atoms with van der Waals surface area (Å²) in [6.07, 6.45) is 0.341. The number of hydrogen-bond donors (Lipinski definition) is 2. The van der Waals surface area contributed by atoms with Gasteiger partial charge < -0.3 is 24.8 Å². The van der Waals surface area contributed by atoms with Gasteiger partial charge in [0.1, 0.15) is 23.5 Å². The van der Waals surface area contributed by atoms with E-state index < -0.39 is 6.10 Å². The van der Waals surface area contributed by atoms with Crippen LogP contribution in [0.4, 0.5) is 0 Å². The molecule has 0 saturated carbocycles. The Morgan fingerprint density at radius 3 is 2.93 bits per heavy atom. The van der Waals surface area contributed by atoms with Crippen LogP contribution in [0.15, 0.2) is 23.2 Å². The second-order valence-corrected chi connectivity index (χ2v) is 7.05. The Morgan fingerprint density at radius 2 is 2.22 bits per heavy atom. The zero-order chi connectivity index (χ0) is 18.9. The maximum atomic E-state index is 10.2. The largest absolute Gasteiger partial charge is 0.489 e. The number of nitrogens with one attached hydrogen (secondary N) is 1. The van der Waals surface area contributed by atoms with Crippen molar-refractivity contribution in [3.63, 3.8) is 0 Å². The number of guanidine groups is 1. The molecule has 0 aromatic heterocycles. The molecule has 1 aromatic carbocycles. The number of benzene rings is 1. The quantitative estimate of drug-likeness (QED) is 0.306. The normalized spacial score (nSPS) is 18.2. The lowest BCUT2D eigenvalue weighted by Gasteiger charge is -2.22. The third-order valence-electron chi connectivity index (χ3n) is 4.12. The molecule has 2 N–H and O–H groups in total. The molecule has 0 spiro atoms. The topological polar surface area (TPSA) is 66.3 Å². The highest BCUT2D eigenvalue weighted by Crippen LogP contribution is 2.31. The highest BCUT2D eigenvalue weighted by Gasteiger charge is 2.24. The SMILES string of the molecule is CCNC(=NCC(O)COc1cccc(Cl)c1Cl)N1CCC(COC)C1.I. The molecule has 9 heteroatoms. The van der Waals surface area contributed by atoms with Gasteiger partial charge in [-0.25, -0.2) is 0 Å². The summed E-state index contributed by atoms with van der Waals surface area (Å²) in [7, 11) is 1.73. The first-order chi connectivity index (χ1) is 12.5. The van der Waals surface area contributed by atoms with Gasteiger partial charge in [0.05, 0.1) is 18.2 Å². The van der Waals surface area contributed by atoms with E-state index in [2.05, 4.69) is 15.2 Å². The van der Waals surface area contributed by atoms with Crippen molar-refractivity contribution in [1.29, 1.82) is 0 Å². The van der Waals surface area contributed by atoms with Crippen molar-refractivity contribution in [2.45, 2.75) is 19.4 Å². The fourth-order valence-electron chi connectivity index (χ4n) is 2.85. The molecular formula is C18H28Cl2IN3O3. The van der Waals surface area contributed by atoms with Crippen LogP contribution in [-0.2, 0) is 4.74 Å². The van der Waals surface area contributed by atoms with Crippen molar-refractivity contribution in [3.05, 3.63) is 28.2 Å². The van der Waals surface area contributed by atoms with Gasteiger partial charge in [-0.05, 0) is 25.5 Å². The molecule has 0 radical (unpaired) electrons. The standard InChI is InChI=1S/C18H27Cl2N3O3.HI/c1-3-21-18(23-8-7-13(10-23)11-25-2)22-9-14(24)12-26-16-6-4-5-15(19)17(16)20;/h4-6,13-14,24H,3,7-12H2,1-2H3,(H,21,22);1H. The minimum absolute atomic E-state index is 0. The lowest BCUT2D eigenvalue weighted by molar-refractivity contribution is 0.114. The van der Waals surface area contributed by atoms with Gasteiger partial charge in [0.15, 0.2) is 5.96 Å². The molecule has 0 amide bonds. The molecule has 1 aromatic rings. The van der Waals surface area contributed by atoms with Crippen molar-refractivity contribution < 1.29 is 14.6 Å². The molecule has 1 aliphatic rings. The summed E-state index contributed by atoms with van der Waals surface area (Å²) in [5.74, 6) is 1.78. The predicted molar refractivity (Wildman–Crippen MR) is 121 cm³/mol. The van der Waals surface area contributed by atoms with Gasteiger partial charge in [0, 0.05) is 32.7 Å². The van der Waals surface area contributed by atoms with Gasteiger partial charge in [0.25, 0.3) is 0 Å². The Hall–Kier alpha value is -0.480. The summed E-state index contributed by atoms with van der Waals surface area (Å²) in [5.41, 5.74) is 0. The number of hydrogen-bond acceptors (Lipinski definition) is 4. The zero-order valence-electron chi connectivity index (χ0n) is 15.7. The van der Waals surface area contributed by atoms with Crippen LogP contribution < -0.4 is 10.1 Å².